The molecule has 0 saturated carbocycles. The number of hydrogen-bond donors (Lipinski definition) is 1. The molecule has 1 N–H and O–H groups in total. The Morgan fingerprint density at radius 1 is 1.13 bits per heavy atom. The minimum atomic E-state index is -0.369. The summed E-state index contributed by atoms with van der Waals surface area (Å²) in [5.41, 5.74) is 2.42. The van der Waals surface area contributed by atoms with Gasteiger partial charge in [-0.3, -0.25) is 4.79 Å². The zero-order valence-electron chi connectivity index (χ0n) is 13.1. The van der Waals surface area contributed by atoms with E-state index in [0.29, 0.717) is 28.4 Å². The second-order valence-electron chi connectivity index (χ2n) is 5.15. The summed E-state index contributed by atoms with van der Waals surface area (Å²) in [6, 6.07) is 11.8. The number of rotatable bonds is 5. The Labute approximate surface area is 140 Å². The molecule has 0 saturated heterocycles. The third kappa shape index (κ3) is 4.57. The highest BCUT2D eigenvalue weighted by atomic mass is 35.5. The summed E-state index contributed by atoms with van der Waals surface area (Å²) in [6.45, 7) is 4.23. The number of benzene rings is 2. The van der Waals surface area contributed by atoms with E-state index >= 15 is 0 Å². The fourth-order valence-electron chi connectivity index (χ4n) is 1.97. The van der Waals surface area contributed by atoms with E-state index in [1.165, 1.54) is 0 Å². The molecule has 0 heterocycles. The van der Waals surface area contributed by atoms with E-state index in [4.69, 9.17) is 16.3 Å². The van der Waals surface area contributed by atoms with Crippen LogP contribution in [0, 0.1) is 6.92 Å². The maximum Gasteiger partial charge on any atom is 0.338 e. The largest absolute Gasteiger partial charge is 0.462 e. The van der Waals surface area contributed by atoms with Gasteiger partial charge >= 0.3 is 5.97 Å². The van der Waals surface area contributed by atoms with E-state index in [2.05, 4.69) is 5.32 Å². The Hall–Kier alpha value is -2.33. The van der Waals surface area contributed by atoms with Crippen LogP contribution in [0.15, 0.2) is 42.5 Å². The number of carbonyl (C=O) groups is 2. The van der Waals surface area contributed by atoms with Gasteiger partial charge in [0.05, 0.1) is 22.8 Å². The molecular weight excluding hydrogens is 314 g/mol. The van der Waals surface area contributed by atoms with Crippen molar-refractivity contribution in [3.8, 4) is 0 Å². The molecule has 2 aromatic rings. The quantitative estimate of drug-likeness (QED) is 0.822. The number of aryl methyl sites for hydroxylation is 1. The SMILES string of the molecule is CCCOC(=O)c1ccc(NC(=O)c2ccc(C)cc2Cl)cc1. The van der Waals surface area contributed by atoms with E-state index in [0.717, 1.165) is 12.0 Å². The van der Waals surface area contributed by atoms with Gasteiger partial charge in [0, 0.05) is 5.69 Å². The van der Waals surface area contributed by atoms with Crippen LogP contribution in [0.3, 0.4) is 0 Å². The van der Waals surface area contributed by atoms with Crippen molar-refractivity contribution in [2.45, 2.75) is 20.3 Å². The standard InChI is InChI=1S/C18H18ClNO3/c1-3-10-23-18(22)13-5-7-14(8-6-13)20-17(21)15-9-4-12(2)11-16(15)19/h4-9,11H,3,10H2,1-2H3,(H,20,21). The fourth-order valence-corrected chi connectivity index (χ4v) is 2.29. The van der Waals surface area contributed by atoms with Gasteiger partial charge in [-0.2, -0.15) is 0 Å². The lowest BCUT2D eigenvalue weighted by atomic mass is 10.1. The van der Waals surface area contributed by atoms with Crippen LogP contribution in [0.2, 0.25) is 5.02 Å². The predicted molar refractivity (Wildman–Crippen MR) is 91.2 cm³/mol. The van der Waals surface area contributed by atoms with Crippen LogP contribution in [-0.4, -0.2) is 18.5 Å². The number of nitrogens with one attached hydrogen (secondary N) is 1. The van der Waals surface area contributed by atoms with Crippen molar-refractivity contribution in [3.05, 3.63) is 64.2 Å². The van der Waals surface area contributed by atoms with Gasteiger partial charge in [-0.1, -0.05) is 24.6 Å². The fraction of sp³-hybridized carbons (Fsp3) is 0.222. The molecule has 0 fully saturated rings. The van der Waals surface area contributed by atoms with Crippen LogP contribution >= 0.6 is 11.6 Å². The summed E-state index contributed by atoms with van der Waals surface area (Å²) in [7, 11) is 0. The van der Waals surface area contributed by atoms with Gasteiger partial charge in [0.2, 0.25) is 0 Å². The van der Waals surface area contributed by atoms with E-state index in [1.807, 2.05) is 19.9 Å². The summed E-state index contributed by atoms with van der Waals surface area (Å²) in [6.07, 6.45) is 0.775. The first-order valence-corrected chi connectivity index (χ1v) is 7.73. The lowest BCUT2D eigenvalue weighted by Gasteiger charge is -2.08. The first-order chi connectivity index (χ1) is 11.0. The monoisotopic (exact) mass is 331 g/mol. The summed E-state index contributed by atoms with van der Waals surface area (Å²) in [4.78, 5) is 23.9. The van der Waals surface area contributed by atoms with Gasteiger partial charge in [0.1, 0.15) is 0 Å². The zero-order valence-corrected chi connectivity index (χ0v) is 13.8. The van der Waals surface area contributed by atoms with Crippen molar-refractivity contribution in [1.29, 1.82) is 0 Å². The van der Waals surface area contributed by atoms with Crippen LogP contribution in [0.1, 0.15) is 39.6 Å². The van der Waals surface area contributed by atoms with E-state index in [-0.39, 0.29) is 11.9 Å². The van der Waals surface area contributed by atoms with Gasteiger partial charge in [-0.25, -0.2) is 4.79 Å². The first-order valence-electron chi connectivity index (χ1n) is 7.36. The van der Waals surface area contributed by atoms with Gasteiger partial charge in [-0.15, -0.1) is 0 Å². The average Bonchev–Trinajstić information content (AvgIpc) is 2.53. The Bertz CT molecular complexity index is 711. The Kier molecular flexibility index (Phi) is 5.77. The first kappa shape index (κ1) is 17.0. The topological polar surface area (TPSA) is 55.4 Å². The van der Waals surface area contributed by atoms with Crippen LogP contribution < -0.4 is 5.32 Å². The molecule has 1 amide bonds. The number of esters is 1. The minimum absolute atomic E-state index is 0.295. The molecule has 2 rings (SSSR count). The lowest BCUT2D eigenvalue weighted by molar-refractivity contribution is 0.0505. The zero-order chi connectivity index (χ0) is 16.8. The lowest BCUT2D eigenvalue weighted by Crippen LogP contribution is -2.13. The van der Waals surface area contributed by atoms with Crippen molar-refractivity contribution < 1.29 is 14.3 Å². The van der Waals surface area contributed by atoms with Crippen molar-refractivity contribution >= 4 is 29.2 Å². The Balaban J connectivity index is 2.05. The number of anilines is 1. The number of ether oxygens (including phenoxy) is 1. The van der Waals surface area contributed by atoms with E-state index in [9.17, 15) is 9.59 Å². The maximum atomic E-state index is 12.2. The van der Waals surface area contributed by atoms with Crippen molar-refractivity contribution in [2.75, 3.05) is 11.9 Å². The second-order valence-corrected chi connectivity index (χ2v) is 5.56. The summed E-state index contributed by atoms with van der Waals surface area (Å²) in [5, 5.41) is 3.16. The van der Waals surface area contributed by atoms with Crippen LogP contribution in [-0.2, 0) is 4.74 Å². The molecule has 0 radical (unpaired) electrons. The highest BCUT2D eigenvalue weighted by molar-refractivity contribution is 6.34. The minimum Gasteiger partial charge on any atom is -0.462 e. The summed E-state index contributed by atoms with van der Waals surface area (Å²) >= 11 is 6.08. The van der Waals surface area contributed by atoms with Crippen LogP contribution in [0.4, 0.5) is 5.69 Å². The van der Waals surface area contributed by atoms with Gasteiger partial charge in [-0.05, 0) is 55.3 Å². The van der Waals surface area contributed by atoms with E-state index < -0.39 is 0 Å². The molecule has 120 valence electrons. The molecule has 23 heavy (non-hydrogen) atoms. The molecule has 2 aromatic carbocycles. The second kappa shape index (κ2) is 7.79. The molecular formula is C18H18ClNO3. The predicted octanol–water partition coefficient (Wildman–Crippen LogP) is 4.47. The molecule has 0 aliphatic rings. The molecule has 0 spiro atoms. The normalized spacial score (nSPS) is 10.2. The summed E-state index contributed by atoms with van der Waals surface area (Å²) < 4.78 is 5.05. The van der Waals surface area contributed by atoms with Crippen molar-refractivity contribution in [1.82, 2.24) is 0 Å². The highest BCUT2D eigenvalue weighted by Gasteiger charge is 2.11. The number of halogens is 1. The summed E-state index contributed by atoms with van der Waals surface area (Å²) in [5.74, 6) is -0.664. The van der Waals surface area contributed by atoms with Gasteiger partial charge in [0.25, 0.3) is 5.91 Å². The number of carbonyl (C=O) groups excluding carboxylic acids is 2. The number of amides is 1. The molecule has 0 aromatic heterocycles. The molecule has 0 aliphatic carbocycles. The Morgan fingerprint density at radius 2 is 1.83 bits per heavy atom. The average molecular weight is 332 g/mol. The van der Waals surface area contributed by atoms with Gasteiger partial charge < -0.3 is 10.1 Å². The molecule has 0 unspecified atom stereocenters. The number of hydrogen-bond acceptors (Lipinski definition) is 3. The Morgan fingerprint density at radius 3 is 2.43 bits per heavy atom. The molecule has 0 atom stereocenters. The van der Waals surface area contributed by atoms with Crippen molar-refractivity contribution in [2.24, 2.45) is 0 Å². The molecule has 0 aliphatic heterocycles. The smallest absolute Gasteiger partial charge is 0.338 e. The third-order valence-corrected chi connectivity index (χ3v) is 3.50. The highest BCUT2D eigenvalue weighted by Crippen LogP contribution is 2.19. The molecule has 5 heteroatoms. The van der Waals surface area contributed by atoms with Gasteiger partial charge in [0.15, 0.2) is 0 Å². The molecule has 4 nitrogen and oxygen atoms in total. The molecule has 0 bridgehead atoms. The van der Waals surface area contributed by atoms with Crippen molar-refractivity contribution in [3.63, 3.8) is 0 Å². The van der Waals surface area contributed by atoms with Crippen LogP contribution in [0.25, 0.3) is 0 Å². The van der Waals surface area contributed by atoms with E-state index in [1.54, 1.807) is 36.4 Å². The van der Waals surface area contributed by atoms with Crippen LogP contribution in [0.5, 0.6) is 0 Å². The third-order valence-electron chi connectivity index (χ3n) is 3.18. The maximum absolute atomic E-state index is 12.2.